The molecule has 1 aliphatic heterocycles. The van der Waals surface area contributed by atoms with Crippen LogP contribution in [0.5, 0.6) is 0 Å². The van der Waals surface area contributed by atoms with E-state index in [0.717, 1.165) is 6.07 Å². The highest BCUT2D eigenvalue weighted by atomic mass is 32.2. The van der Waals surface area contributed by atoms with E-state index in [0.29, 0.717) is 36.5 Å². The SMILES string of the molecule is Cc1ccc(F)cc1S(=O)(=O)N1CCC(C(N)=S)CC1. The van der Waals surface area contributed by atoms with Gasteiger partial charge in [-0.05, 0) is 37.5 Å². The van der Waals surface area contributed by atoms with E-state index >= 15 is 0 Å². The molecule has 1 aromatic carbocycles. The fourth-order valence-electron chi connectivity index (χ4n) is 2.37. The first-order valence-corrected chi connectivity index (χ1v) is 8.23. The average Bonchev–Trinajstić information content (AvgIpc) is 2.41. The summed E-state index contributed by atoms with van der Waals surface area (Å²) in [6.07, 6.45) is 1.23. The van der Waals surface area contributed by atoms with Crippen LogP contribution in [0, 0.1) is 18.7 Å². The molecule has 0 amide bonds. The summed E-state index contributed by atoms with van der Waals surface area (Å²) in [4.78, 5) is 0.468. The number of thiocarbonyl (C=S) groups is 1. The summed E-state index contributed by atoms with van der Waals surface area (Å²) in [5, 5.41) is 0. The Balaban J connectivity index is 2.24. The van der Waals surface area contributed by atoms with Crippen molar-refractivity contribution in [3.05, 3.63) is 29.6 Å². The van der Waals surface area contributed by atoms with E-state index < -0.39 is 15.8 Å². The summed E-state index contributed by atoms with van der Waals surface area (Å²) in [5.74, 6) is -0.461. The molecule has 4 nitrogen and oxygen atoms in total. The largest absolute Gasteiger partial charge is 0.393 e. The lowest BCUT2D eigenvalue weighted by atomic mass is 9.98. The number of rotatable bonds is 3. The molecule has 2 N–H and O–H groups in total. The van der Waals surface area contributed by atoms with Crippen molar-refractivity contribution in [3.63, 3.8) is 0 Å². The Labute approximate surface area is 123 Å². The molecule has 110 valence electrons. The van der Waals surface area contributed by atoms with Crippen LogP contribution in [-0.2, 0) is 10.0 Å². The Bertz CT molecular complexity index is 623. The maximum atomic E-state index is 13.3. The number of aryl methyl sites for hydroxylation is 1. The summed E-state index contributed by atoms with van der Waals surface area (Å²) in [5.41, 5.74) is 6.13. The van der Waals surface area contributed by atoms with Crippen molar-refractivity contribution in [2.45, 2.75) is 24.7 Å². The second-order valence-electron chi connectivity index (χ2n) is 4.99. The topological polar surface area (TPSA) is 63.4 Å². The van der Waals surface area contributed by atoms with Crippen molar-refractivity contribution in [1.82, 2.24) is 4.31 Å². The molecule has 0 spiro atoms. The summed E-state index contributed by atoms with van der Waals surface area (Å²) < 4.78 is 39.7. The van der Waals surface area contributed by atoms with Crippen molar-refractivity contribution in [2.75, 3.05) is 13.1 Å². The molecular formula is C13H17FN2O2S2. The Morgan fingerprint density at radius 1 is 1.40 bits per heavy atom. The van der Waals surface area contributed by atoms with Gasteiger partial charge in [0.25, 0.3) is 0 Å². The summed E-state index contributed by atoms with van der Waals surface area (Å²) in [7, 11) is -3.66. The van der Waals surface area contributed by atoms with Gasteiger partial charge >= 0.3 is 0 Å². The summed E-state index contributed by atoms with van der Waals surface area (Å²) in [6.45, 7) is 2.38. The van der Waals surface area contributed by atoms with Crippen molar-refractivity contribution < 1.29 is 12.8 Å². The van der Waals surface area contributed by atoms with Gasteiger partial charge in [-0.1, -0.05) is 18.3 Å². The monoisotopic (exact) mass is 316 g/mol. The van der Waals surface area contributed by atoms with Crippen LogP contribution in [0.1, 0.15) is 18.4 Å². The highest BCUT2D eigenvalue weighted by Gasteiger charge is 2.31. The maximum Gasteiger partial charge on any atom is 0.243 e. The average molecular weight is 316 g/mol. The van der Waals surface area contributed by atoms with Gasteiger partial charge in [-0.15, -0.1) is 0 Å². The van der Waals surface area contributed by atoms with E-state index in [4.69, 9.17) is 18.0 Å². The van der Waals surface area contributed by atoms with Crippen LogP contribution < -0.4 is 5.73 Å². The van der Waals surface area contributed by atoms with E-state index in [9.17, 15) is 12.8 Å². The molecular weight excluding hydrogens is 299 g/mol. The number of nitrogens with two attached hydrogens (primary N) is 1. The summed E-state index contributed by atoms with van der Waals surface area (Å²) in [6, 6.07) is 3.81. The maximum absolute atomic E-state index is 13.3. The Morgan fingerprint density at radius 2 is 2.00 bits per heavy atom. The van der Waals surface area contributed by atoms with Gasteiger partial charge < -0.3 is 5.73 Å². The van der Waals surface area contributed by atoms with Crippen LogP contribution in [0.25, 0.3) is 0 Å². The van der Waals surface area contributed by atoms with E-state index in [1.165, 1.54) is 16.4 Å². The zero-order valence-corrected chi connectivity index (χ0v) is 12.8. The number of sulfonamides is 1. The van der Waals surface area contributed by atoms with Gasteiger partial charge in [0, 0.05) is 19.0 Å². The second kappa shape index (κ2) is 5.75. The molecule has 0 aromatic heterocycles. The fraction of sp³-hybridized carbons (Fsp3) is 0.462. The lowest BCUT2D eigenvalue weighted by molar-refractivity contribution is 0.316. The first-order chi connectivity index (χ1) is 9.32. The molecule has 1 aliphatic rings. The number of nitrogens with zero attached hydrogens (tertiary/aromatic N) is 1. The van der Waals surface area contributed by atoms with E-state index in [-0.39, 0.29) is 10.8 Å². The molecule has 0 unspecified atom stereocenters. The van der Waals surface area contributed by atoms with Gasteiger partial charge in [-0.3, -0.25) is 0 Å². The molecule has 0 saturated carbocycles. The Morgan fingerprint density at radius 3 is 2.55 bits per heavy atom. The van der Waals surface area contributed by atoms with Crippen LogP contribution in [0.3, 0.4) is 0 Å². The predicted molar refractivity (Wildman–Crippen MR) is 79.4 cm³/mol. The van der Waals surface area contributed by atoms with Crippen molar-refractivity contribution in [2.24, 2.45) is 11.7 Å². The van der Waals surface area contributed by atoms with Crippen LogP contribution in [0.15, 0.2) is 23.1 Å². The van der Waals surface area contributed by atoms with Gasteiger partial charge in [0.15, 0.2) is 0 Å². The number of hydrogen-bond donors (Lipinski definition) is 1. The normalized spacial score (nSPS) is 18.1. The molecule has 7 heteroatoms. The molecule has 0 aliphatic carbocycles. The van der Waals surface area contributed by atoms with Gasteiger partial charge in [0.2, 0.25) is 10.0 Å². The van der Waals surface area contributed by atoms with Gasteiger partial charge in [0.1, 0.15) is 5.82 Å². The molecule has 1 saturated heterocycles. The van der Waals surface area contributed by atoms with Crippen LogP contribution in [0.4, 0.5) is 4.39 Å². The van der Waals surface area contributed by atoms with Crippen LogP contribution in [-0.4, -0.2) is 30.8 Å². The van der Waals surface area contributed by atoms with E-state index in [1.807, 2.05) is 0 Å². The third-order valence-corrected chi connectivity index (χ3v) is 6.00. The molecule has 0 bridgehead atoms. The van der Waals surface area contributed by atoms with Crippen molar-refractivity contribution >= 4 is 27.2 Å². The molecule has 1 fully saturated rings. The lowest BCUT2D eigenvalue weighted by Crippen LogP contribution is -2.41. The van der Waals surface area contributed by atoms with E-state index in [2.05, 4.69) is 0 Å². The van der Waals surface area contributed by atoms with Crippen LogP contribution >= 0.6 is 12.2 Å². The molecule has 1 aromatic rings. The third kappa shape index (κ3) is 2.99. The number of halogens is 1. The van der Waals surface area contributed by atoms with Gasteiger partial charge in [-0.2, -0.15) is 4.31 Å². The second-order valence-corrected chi connectivity index (χ2v) is 7.37. The lowest BCUT2D eigenvalue weighted by Gasteiger charge is -2.31. The molecule has 2 rings (SSSR count). The minimum atomic E-state index is -3.66. The first-order valence-electron chi connectivity index (χ1n) is 6.38. The number of benzene rings is 1. The smallest absolute Gasteiger partial charge is 0.243 e. The molecule has 0 atom stereocenters. The minimum Gasteiger partial charge on any atom is -0.393 e. The molecule has 0 radical (unpaired) electrons. The van der Waals surface area contributed by atoms with E-state index in [1.54, 1.807) is 6.92 Å². The molecule has 1 heterocycles. The third-order valence-electron chi connectivity index (χ3n) is 3.62. The highest BCUT2D eigenvalue weighted by Crippen LogP contribution is 2.26. The van der Waals surface area contributed by atoms with Gasteiger partial charge in [0.05, 0.1) is 9.88 Å². The van der Waals surface area contributed by atoms with Crippen molar-refractivity contribution in [3.8, 4) is 0 Å². The zero-order valence-electron chi connectivity index (χ0n) is 11.2. The highest BCUT2D eigenvalue weighted by molar-refractivity contribution is 7.89. The minimum absolute atomic E-state index is 0.0336. The number of hydrogen-bond acceptors (Lipinski definition) is 3. The number of piperidine rings is 1. The van der Waals surface area contributed by atoms with Crippen LogP contribution in [0.2, 0.25) is 0 Å². The summed E-state index contributed by atoms with van der Waals surface area (Å²) >= 11 is 4.94. The van der Waals surface area contributed by atoms with Gasteiger partial charge in [-0.25, -0.2) is 12.8 Å². The standard InChI is InChI=1S/C13H17FN2O2S2/c1-9-2-3-11(14)8-12(9)20(17,18)16-6-4-10(5-7-16)13(15)19/h2-3,8,10H,4-7H2,1H3,(H2,15,19). The van der Waals surface area contributed by atoms with Crippen molar-refractivity contribution in [1.29, 1.82) is 0 Å². The Hall–Kier alpha value is -1.05. The Kier molecular flexibility index (Phi) is 4.41. The predicted octanol–water partition coefficient (Wildman–Crippen LogP) is 1.82. The zero-order chi connectivity index (χ0) is 14.9. The quantitative estimate of drug-likeness (QED) is 0.864. The fourth-order valence-corrected chi connectivity index (χ4v) is 4.31. The molecule has 20 heavy (non-hydrogen) atoms. The first kappa shape index (κ1) is 15.3.